The van der Waals surface area contributed by atoms with Gasteiger partial charge in [0.1, 0.15) is 0 Å². The van der Waals surface area contributed by atoms with Crippen molar-refractivity contribution in [2.45, 2.75) is 25.8 Å². The Balaban J connectivity index is 1.82. The van der Waals surface area contributed by atoms with Crippen molar-refractivity contribution in [1.82, 2.24) is 5.32 Å². The summed E-state index contributed by atoms with van der Waals surface area (Å²) in [7, 11) is -3.30. The average Bonchev–Trinajstić information content (AvgIpc) is 2.60. The van der Waals surface area contributed by atoms with Crippen LogP contribution < -0.4 is 9.62 Å². The summed E-state index contributed by atoms with van der Waals surface area (Å²) < 4.78 is 26.2. The van der Waals surface area contributed by atoms with Crippen molar-refractivity contribution in [3.63, 3.8) is 0 Å². The predicted octanol–water partition coefficient (Wildman–Crippen LogP) is 3.65. The molecule has 1 N–H and O–H groups in total. The number of benzene rings is 2. The molecule has 1 amide bonds. The molecule has 0 unspecified atom stereocenters. The summed E-state index contributed by atoms with van der Waals surface area (Å²) in [5, 5.41) is 3.00. The number of anilines is 1. The molecule has 1 aliphatic rings. The number of rotatable bonds is 4. The predicted molar refractivity (Wildman–Crippen MR) is 107 cm³/mol. The van der Waals surface area contributed by atoms with Crippen molar-refractivity contribution < 1.29 is 13.2 Å². The third-order valence-corrected chi connectivity index (χ3v) is 6.44. The third kappa shape index (κ3) is 3.94. The highest BCUT2D eigenvalue weighted by molar-refractivity contribution is 9.10. The third-order valence-electron chi connectivity index (χ3n) is 4.54. The van der Waals surface area contributed by atoms with Crippen LogP contribution in [0.4, 0.5) is 5.69 Å². The minimum atomic E-state index is -3.30. The Bertz CT molecular complexity index is 944. The van der Waals surface area contributed by atoms with Crippen LogP contribution in [-0.2, 0) is 16.4 Å². The van der Waals surface area contributed by atoms with Crippen LogP contribution >= 0.6 is 15.9 Å². The molecule has 0 spiro atoms. The number of nitrogens with one attached hydrogen (secondary N) is 1. The first-order valence-electron chi connectivity index (χ1n) is 8.43. The lowest BCUT2D eigenvalue weighted by molar-refractivity contribution is 0.0939. The van der Waals surface area contributed by atoms with Crippen molar-refractivity contribution in [3.05, 3.63) is 63.6 Å². The Hall–Kier alpha value is -1.86. The Labute approximate surface area is 162 Å². The molecule has 26 heavy (non-hydrogen) atoms. The van der Waals surface area contributed by atoms with Crippen LogP contribution in [0.3, 0.4) is 0 Å². The zero-order valence-electron chi connectivity index (χ0n) is 14.7. The first-order chi connectivity index (χ1) is 12.3. The molecule has 0 bridgehead atoms. The number of fused-ring (bicyclic) bond motifs is 1. The fraction of sp³-hybridized carbons (Fsp3) is 0.316. The molecular formula is C19H21BrN2O3S. The highest BCUT2D eigenvalue weighted by atomic mass is 79.9. The van der Waals surface area contributed by atoms with Crippen molar-refractivity contribution in [3.8, 4) is 0 Å². The lowest BCUT2D eigenvalue weighted by Gasteiger charge is -2.29. The Morgan fingerprint density at radius 2 is 1.96 bits per heavy atom. The maximum Gasteiger partial charge on any atom is 0.251 e. The first kappa shape index (κ1) is 18.9. The van der Waals surface area contributed by atoms with Crippen molar-refractivity contribution in [1.29, 1.82) is 0 Å². The number of carbonyl (C=O) groups excluding carboxylic acids is 1. The summed E-state index contributed by atoms with van der Waals surface area (Å²) in [5.74, 6) is -0.174. The van der Waals surface area contributed by atoms with Gasteiger partial charge in [-0.2, -0.15) is 0 Å². The zero-order valence-corrected chi connectivity index (χ0v) is 17.1. The number of amides is 1. The summed E-state index contributed by atoms with van der Waals surface area (Å²) in [6.07, 6.45) is 2.73. The van der Waals surface area contributed by atoms with Gasteiger partial charge < -0.3 is 5.32 Å². The monoisotopic (exact) mass is 436 g/mol. The highest BCUT2D eigenvalue weighted by Crippen LogP contribution is 2.30. The highest BCUT2D eigenvalue weighted by Gasteiger charge is 2.25. The number of aryl methyl sites for hydroxylation is 1. The molecule has 0 aromatic heterocycles. The summed E-state index contributed by atoms with van der Waals surface area (Å²) in [4.78, 5) is 12.6. The number of carbonyl (C=O) groups is 1. The van der Waals surface area contributed by atoms with Gasteiger partial charge in [-0.1, -0.05) is 34.1 Å². The van der Waals surface area contributed by atoms with E-state index in [0.29, 0.717) is 17.8 Å². The minimum absolute atomic E-state index is 0.151. The second-order valence-electron chi connectivity index (χ2n) is 6.50. The Morgan fingerprint density at radius 3 is 2.65 bits per heavy atom. The molecule has 0 saturated heterocycles. The van der Waals surface area contributed by atoms with E-state index in [0.717, 1.165) is 28.4 Å². The molecule has 3 rings (SSSR count). The van der Waals surface area contributed by atoms with E-state index in [-0.39, 0.29) is 11.9 Å². The van der Waals surface area contributed by atoms with Gasteiger partial charge >= 0.3 is 0 Å². The molecule has 0 saturated carbocycles. The maximum absolute atomic E-state index is 12.6. The molecule has 1 aliphatic heterocycles. The van der Waals surface area contributed by atoms with Gasteiger partial charge in [-0.25, -0.2) is 8.42 Å². The van der Waals surface area contributed by atoms with Crippen molar-refractivity contribution in [2.75, 3.05) is 17.1 Å². The number of hydrogen-bond acceptors (Lipinski definition) is 3. The summed E-state index contributed by atoms with van der Waals surface area (Å²) in [5.41, 5.74) is 3.11. The molecule has 0 fully saturated rings. The van der Waals surface area contributed by atoms with E-state index in [1.165, 1.54) is 10.6 Å². The van der Waals surface area contributed by atoms with E-state index in [4.69, 9.17) is 0 Å². The molecule has 0 aliphatic carbocycles. The number of nitrogens with zero attached hydrogens (tertiary/aromatic N) is 1. The summed E-state index contributed by atoms with van der Waals surface area (Å²) in [6, 6.07) is 12.8. The fourth-order valence-electron chi connectivity index (χ4n) is 3.23. The molecule has 2 aromatic carbocycles. The smallest absolute Gasteiger partial charge is 0.251 e. The number of sulfonamides is 1. The standard InChI is InChI=1S/C19H21BrN2O3S/c1-13(16-7-3-4-8-17(16)20)21-19(23)15-9-10-18-14(12-15)6-5-11-22(18)26(2,24)25/h3-4,7-10,12-13H,5-6,11H2,1-2H3,(H,21,23)/t13-/m0/s1. The van der Waals surface area contributed by atoms with E-state index in [1.54, 1.807) is 18.2 Å². The van der Waals surface area contributed by atoms with Crippen molar-refractivity contribution in [2.24, 2.45) is 0 Å². The molecule has 138 valence electrons. The van der Waals surface area contributed by atoms with Crippen LogP contribution in [0.2, 0.25) is 0 Å². The lowest BCUT2D eigenvalue weighted by atomic mass is 10.00. The number of hydrogen-bond donors (Lipinski definition) is 1. The van der Waals surface area contributed by atoms with Gasteiger partial charge in [-0.05, 0) is 55.2 Å². The largest absolute Gasteiger partial charge is 0.345 e. The average molecular weight is 437 g/mol. The van der Waals surface area contributed by atoms with Gasteiger partial charge in [-0.15, -0.1) is 0 Å². The first-order valence-corrected chi connectivity index (χ1v) is 11.1. The van der Waals surface area contributed by atoms with Gasteiger partial charge in [-0.3, -0.25) is 9.10 Å². The Morgan fingerprint density at radius 1 is 1.23 bits per heavy atom. The molecule has 2 aromatic rings. The van der Waals surface area contributed by atoms with Gasteiger partial charge in [0.15, 0.2) is 0 Å². The van der Waals surface area contributed by atoms with E-state index in [1.807, 2.05) is 31.2 Å². The molecule has 7 heteroatoms. The van der Waals surface area contributed by atoms with E-state index >= 15 is 0 Å². The quantitative estimate of drug-likeness (QED) is 0.794. The minimum Gasteiger partial charge on any atom is -0.345 e. The molecule has 0 radical (unpaired) electrons. The molecule has 1 heterocycles. The van der Waals surface area contributed by atoms with Crippen molar-refractivity contribution >= 4 is 37.5 Å². The molecule has 1 atom stereocenters. The van der Waals surface area contributed by atoms with Crippen LogP contribution in [0.25, 0.3) is 0 Å². The van der Waals surface area contributed by atoms with Crippen LogP contribution in [-0.4, -0.2) is 27.1 Å². The van der Waals surface area contributed by atoms with Gasteiger partial charge in [0.2, 0.25) is 10.0 Å². The van der Waals surface area contributed by atoms with Crippen LogP contribution in [0.15, 0.2) is 46.9 Å². The maximum atomic E-state index is 12.6. The van der Waals surface area contributed by atoms with E-state index in [9.17, 15) is 13.2 Å². The van der Waals surface area contributed by atoms with Crippen LogP contribution in [0.5, 0.6) is 0 Å². The zero-order chi connectivity index (χ0) is 18.9. The summed E-state index contributed by atoms with van der Waals surface area (Å²) >= 11 is 3.50. The Kier molecular flexibility index (Phi) is 5.39. The SMILES string of the molecule is C[C@H](NC(=O)c1ccc2c(c1)CCCN2S(C)(=O)=O)c1ccccc1Br. The summed E-state index contributed by atoms with van der Waals surface area (Å²) in [6.45, 7) is 2.41. The topological polar surface area (TPSA) is 66.5 Å². The number of halogens is 1. The molecule has 5 nitrogen and oxygen atoms in total. The van der Waals surface area contributed by atoms with Gasteiger partial charge in [0, 0.05) is 16.6 Å². The normalized spacial score (nSPS) is 15.3. The van der Waals surface area contributed by atoms with E-state index in [2.05, 4.69) is 21.2 Å². The van der Waals surface area contributed by atoms with Crippen LogP contribution in [0.1, 0.15) is 40.9 Å². The van der Waals surface area contributed by atoms with Crippen LogP contribution in [0, 0.1) is 0 Å². The van der Waals surface area contributed by atoms with Gasteiger partial charge in [0.05, 0.1) is 18.0 Å². The fourth-order valence-corrected chi connectivity index (χ4v) is 4.86. The molecular weight excluding hydrogens is 416 g/mol. The van der Waals surface area contributed by atoms with Gasteiger partial charge in [0.25, 0.3) is 5.91 Å². The lowest BCUT2D eigenvalue weighted by Crippen LogP contribution is -2.35. The second-order valence-corrected chi connectivity index (χ2v) is 9.26. The van der Waals surface area contributed by atoms with E-state index < -0.39 is 10.0 Å². The second kappa shape index (κ2) is 7.40.